The number of hydrogen-bond acceptors (Lipinski definition) is 3. The van der Waals surface area contributed by atoms with E-state index in [1.165, 1.54) is 6.07 Å². The number of benzene rings is 1. The van der Waals surface area contributed by atoms with E-state index in [4.69, 9.17) is 5.14 Å². The van der Waals surface area contributed by atoms with Crippen LogP contribution >= 0.6 is 0 Å². The minimum atomic E-state index is -3.73. The standard InChI is InChI=1S/C11H14N2O3S/c12-17(15,16)10-5-2-1-4-9(10)8-13-7-3-6-11(13)14/h1-2,4-5H,3,6-8H2,(H2,12,15,16). The van der Waals surface area contributed by atoms with E-state index in [9.17, 15) is 13.2 Å². The summed E-state index contributed by atoms with van der Waals surface area (Å²) < 4.78 is 22.8. The molecule has 2 rings (SSSR count). The molecule has 0 spiro atoms. The number of primary sulfonamides is 1. The molecule has 0 bridgehead atoms. The van der Waals surface area contributed by atoms with Crippen LogP contribution in [0.4, 0.5) is 0 Å². The normalized spacial score (nSPS) is 16.5. The quantitative estimate of drug-likeness (QED) is 0.850. The largest absolute Gasteiger partial charge is 0.338 e. The number of rotatable bonds is 3. The Balaban J connectivity index is 2.30. The first-order valence-corrected chi connectivity index (χ1v) is 6.91. The molecular weight excluding hydrogens is 240 g/mol. The molecule has 1 amide bonds. The van der Waals surface area contributed by atoms with Gasteiger partial charge in [-0.1, -0.05) is 18.2 Å². The van der Waals surface area contributed by atoms with E-state index in [1.807, 2.05) is 0 Å². The molecule has 17 heavy (non-hydrogen) atoms. The second-order valence-corrected chi connectivity index (χ2v) is 5.60. The predicted octanol–water partition coefficient (Wildman–Crippen LogP) is 0.456. The maximum Gasteiger partial charge on any atom is 0.238 e. The Morgan fingerprint density at radius 2 is 2.00 bits per heavy atom. The highest BCUT2D eigenvalue weighted by atomic mass is 32.2. The number of amides is 1. The van der Waals surface area contributed by atoms with Gasteiger partial charge in [0.25, 0.3) is 0 Å². The Hall–Kier alpha value is -1.40. The minimum absolute atomic E-state index is 0.0641. The highest BCUT2D eigenvalue weighted by Crippen LogP contribution is 2.19. The molecule has 92 valence electrons. The van der Waals surface area contributed by atoms with Crippen LogP contribution in [0.15, 0.2) is 29.2 Å². The molecule has 1 aliphatic rings. The number of likely N-dealkylation sites (tertiary alicyclic amines) is 1. The van der Waals surface area contributed by atoms with Crippen molar-refractivity contribution in [3.63, 3.8) is 0 Å². The molecule has 1 heterocycles. The summed E-state index contributed by atoms with van der Waals surface area (Å²) in [5.41, 5.74) is 0.574. The van der Waals surface area contributed by atoms with Gasteiger partial charge in [0.2, 0.25) is 15.9 Å². The smallest absolute Gasteiger partial charge is 0.238 e. The van der Waals surface area contributed by atoms with Gasteiger partial charge in [-0.15, -0.1) is 0 Å². The van der Waals surface area contributed by atoms with Gasteiger partial charge in [-0.25, -0.2) is 13.6 Å². The third-order valence-corrected chi connectivity index (χ3v) is 3.82. The zero-order chi connectivity index (χ0) is 12.5. The van der Waals surface area contributed by atoms with Gasteiger partial charge in [-0.05, 0) is 18.1 Å². The second kappa shape index (κ2) is 4.46. The summed E-state index contributed by atoms with van der Waals surface area (Å²) >= 11 is 0. The van der Waals surface area contributed by atoms with Crippen LogP contribution in [0.1, 0.15) is 18.4 Å². The van der Waals surface area contributed by atoms with Gasteiger partial charge in [0.15, 0.2) is 0 Å². The Bertz CT molecular complexity index is 539. The third-order valence-electron chi connectivity index (χ3n) is 2.81. The summed E-state index contributed by atoms with van der Waals surface area (Å²) in [7, 11) is -3.73. The van der Waals surface area contributed by atoms with Crippen molar-refractivity contribution in [1.82, 2.24) is 4.90 Å². The summed E-state index contributed by atoms with van der Waals surface area (Å²) in [5, 5.41) is 5.14. The van der Waals surface area contributed by atoms with E-state index in [-0.39, 0.29) is 10.8 Å². The van der Waals surface area contributed by atoms with Crippen molar-refractivity contribution >= 4 is 15.9 Å². The zero-order valence-corrected chi connectivity index (χ0v) is 10.1. The number of hydrogen-bond donors (Lipinski definition) is 1. The van der Waals surface area contributed by atoms with Crippen molar-refractivity contribution in [3.8, 4) is 0 Å². The fourth-order valence-corrected chi connectivity index (χ4v) is 2.76. The second-order valence-electron chi connectivity index (χ2n) is 4.07. The van der Waals surface area contributed by atoms with Gasteiger partial charge >= 0.3 is 0 Å². The van der Waals surface area contributed by atoms with Crippen LogP contribution in [0.5, 0.6) is 0 Å². The fraction of sp³-hybridized carbons (Fsp3) is 0.364. The average molecular weight is 254 g/mol. The van der Waals surface area contributed by atoms with Crippen LogP contribution in [-0.4, -0.2) is 25.8 Å². The molecular formula is C11H14N2O3S. The van der Waals surface area contributed by atoms with Gasteiger partial charge in [0, 0.05) is 19.5 Å². The highest BCUT2D eigenvalue weighted by Gasteiger charge is 2.22. The molecule has 6 heteroatoms. The first-order valence-electron chi connectivity index (χ1n) is 5.37. The first-order chi connectivity index (χ1) is 7.98. The summed E-state index contributed by atoms with van der Waals surface area (Å²) in [4.78, 5) is 13.2. The van der Waals surface area contributed by atoms with E-state index in [0.717, 1.165) is 6.42 Å². The Morgan fingerprint density at radius 1 is 1.29 bits per heavy atom. The van der Waals surface area contributed by atoms with E-state index >= 15 is 0 Å². The minimum Gasteiger partial charge on any atom is -0.338 e. The lowest BCUT2D eigenvalue weighted by molar-refractivity contribution is -0.128. The number of nitrogens with zero attached hydrogens (tertiary/aromatic N) is 1. The number of carbonyl (C=O) groups excluding carboxylic acids is 1. The predicted molar refractivity (Wildman–Crippen MR) is 62.5 cm³/mol. The molecule has 0 aromatic heterocycles. The summed E-state index contributed by atoms with van der Waals surface area (Å²) in [5.74, 6) is 0.0641. The van der Waals surface area contributed by atoms with Gasteiger partial charge < -0.3 is 4.90 Å². The lowest BCUT2D eigenvalue weighted by Crippen LogP contribution is -2.25. The summed E-state index contributed by atoms with van der Waals surface area (Å²) in [6.45, 7) is 0.989. The molecule has 1 saturated heterocycles. The van der Waals surface area contributed by atoms with Crippen LogP contribution in [-0.2, 0) is 21.4 Å². The molecule has 1 aromatic rings. The fourth-order valence-electron chi connectivity index (χ4n) is 1.99. The SMILES string of the molecule is NS(=O)(=O)c1ccccc1CN1CCCC1=O. The van der Waals surface area contributed by atoms with Crippen molar-refractivity contribution in [2.75, 3.05) is 6.54 Å². The molecule has 0 unspecified atom stereocenters. The van der Waals surface area contributed by atoms with Crippen LogP contribution < -0.4 is 5.14 Å². The van der Waals surface area contributed by atoms with E-state index < -0.39 is 10.0 Å². The van der Waals surface area contributed by atoms with Gasteiger partial charge in [-0.2, -0.15) is 0 Å². The maximum atomic E-state index is 11.5. The van der Waals surface area contributed by atoms with E-state index in [1.54, 1.807) is 23.1 Å². The molecule has 0 atom stereocenters. The van der Waals surface area contributed by atoms with Crippen LogP contribution in [0, 0.1) is 0 Å². The van der Waals surface area contributed by atoms with Crippen LogP contribution in [0.3, 0.4) is 0 Å². The summed E-state index contributed by atoms with van der Waals surface area (Å²) in [6.07, 6.45) is 1.37. The number of carbonyl (C=O) groups is 1. The molecule has 1 aliphatic heterocycles. The third kappa shape index (κ3) is 2.65. The monoisotopic (exact) mass is 254 g/mol. The maximum absolute atomic E-state index is 11.5. The topological polar surface area (TPSA) is 80.5 Å². The van der Waals surface area contributed by atoms with Gasteiger partial charge in [0.05, 0.1) is 4.90 Å². The van der Waals surface area contributed by atoms with Crippen molar-refractivity contribution in [2.45, 2.75) is 24.3 Å². The van der Waals surface area contributed by atoms with E-state index in [0.29, 0.717) is 25.1 Å². The number of sulfonamides is 1. The lowest BCUT2D eigenvalue weighted by atomic mass is 10.2. The zero-order valence-electron chi connectivity index (χ0n) is 9.30. The lowest BCUT2D eigenvalue weighted by Gasteiger charge is -2.17. The molecule has 2 N–H and O–H groups in total. The Kier molecular flexibility index (Phi) is 3.17. The van der Waals surface area contributed by atoms with Gasteiger partial charge in [0.1, 0.15) is 0 Å². The van der Waals surface area contributed by atoms with Crippen molar-refractivity contribution < 1.29 is 13.2 Å². The van der Waals surface area contributed by atoms with Crippen molar-refractivity contribution in [2.24, 2.45) is 5.14 Å². The first kappa shape index (κ1) is 12.1. The molecule has 1 fully saturated rings. The van der Waals surface area contributed by atoms with Crippen LogP contribution in [0.2, 0.25) is 0 Å². The molecule has 1 aromatic carbocycles. The van der Waals surface area contributed by atoms with E-state index in [2.05, 4.69) is 0 Å². The van der Waals surface area contributed by atoms with Gasteiger partial charge in [-0.3, -0.25) is 4.79 Å². The Labute approximate surface area is 100 Å². The summed E-state index contributed by atoms with van der Waals surface area (Å²) in [6, 6.07) is 6.51. The molecule has 5 nitrogen and oxygen atoms in total. The van der Waals surface area contributed by atoms with Crippen LogP contribution in [0.25, 0.3) is 0 Å². The molecule has 0 saturated carbocycles. The van der Waals surface area contributed by atoms with Crippen molar-refractivity contribution in [1.29, 1.82) is 0 Å². The number of nitrogens with two attached hydrogens (primary N) is 1. The highest BCUT2D eigenvalue weighted by molar-refractivity contribution is 7.89. The Morgan fingerprint density at radius 3 is 2.59 bits per heavy atom. The molecule has 0 aliphatic carbocycles. The molecule has 0 radical (unpaired) electrons. The average Bonchev–Trinajstić information content (AvgIpc) is 2.64. The van der Waals surface area contributed by atoms with Crippen molar-refractivity contribution in [3.05, 3.63) is 29.8 Å².